The van der Waals surface area contributed by atoms with Crippen LogP contribution in [0.3, 0.4) is 0 Å². The van der Waals surface area contributed by atoms with E-state index in [9.17, 15) is 22.0 Å². The summed E-state index contributed by atoms with van der Waals surface area (Å²) in [7, 11) is -3.69. The van der Waals surface area contributed by atoms with Crippen molar-refractivity contribution in [1.82, 2.24) is 4.72 Å². The minimum Gasteiger partial charge on any atom is -0.434 e. The van der Waals surface area contributed by atoms with Gasteiger partial charge in [-0.1, -0.05) is 36.4 Å². The highest BCUT2D eigenvalue weighted by molar-refractivity contribution is 7.92. The van der Waals surface area contributed by atoms with Gasteiger partial charge in [0.2, 0.25) is 15.9 Å². The van der Waals surface area contributed by atoms with E-state index >= 15 is 0 Å². The first kappa shape index (κ1) is 21.5. The molecule has 0 aliphatic carbocycles. The highest BCUT2D eigenvalue weighted by Crippen LogP contribution is 2.26. The van der Waals surface area contributed by atoms with Crippen LogP contribution in [0.25, 0.3) is 6.08 Å². The molecular formula is C19H20F2N2O4S. The van der Waals surface area contributed by atoms with Crippen molar-refractivity contribution in [3.8, 4) is 5.75 Å². The minimum atomic E-state index is -3.69. The van der Waals surface area contributed by atoms with Crippen molar-refractivity contribution in [2.45, 2.75) is 20.0 Å². The maximum absolute atomic E-state index is 12.4. The molecule has 2 aromatic carbocycles. The van der Waals surface area contributed by atoms with Gasteiger partial charge in [0, 0.05) is 29.6 Å². The van der Waals surface area contributed by atoms with Crippen LogP contribution in [0.2, 0.25) is 0 Å². The first-order chi connectivity index (χ1) is 13.3. The number of hydrogen-bond donors (Lipinski definition) is 2. The molecule has 9 heteroatoms. The van der Waals surface area contributed by atoms with Crippen LogP contribution >= 0.6 is 0 Å². The molecule has 150 valence electrons. The second-order valence-corrected chi connectivity index (χ2v) is 7.41. The zero-order valence-corrected chi connectivity index (χ0v) is 15.9. The van der Waals surface area contributed by atoms with Gasteiger partial charge in [-0.05, 0) is 30.7 Å². The van der Waals surface area contributed by atoms with E-state index in [1.807, 2.05) is 6.07 Å². The molecule has 6 nitrogen and oxygen atoms in total. The fourth-order valence-corrected chi connectivity index (χ4v) is 3.09. The third-order valence-electron chi connectivity index (χ3n) is 3.67. The van der Waals surface area contributed by atoms with Gasteiger partial charge >= 0.3 is 6.61 Å². The summed E-state index contributed by atoms with van der Waals surface area (Å²) in [5, 5.41) is 3.57. The lowest BCUT2D eigenvalue weighted by atomic mass is 10.1. The standard InChI is InChI=1S/C19H20F2N2O4S/c1-14-16(8-5-9-17(14)27-19(20)21)23-18(24)10-12-22-28(25,26)13-11-15-6-3-2-4-7-15/h2-9,11,13,19,22H,10,12H2,1H3,(H,23,24)/b13-11+. The third kappa shape index (κ3) is 7.09. The second kappa shape index (κ2) is 9.95. The van der Waals surface area contributed by atoms with E-state index < -0.39 is 22.5 Å². The average molecular weight is 410 g/mol. The van der Waals surface area contributed by atoms with Crippen molar-refractivity contribution in [2.24, 2.45) is 0 Å². The molecule has 2 N–H and O–H groups in total. The second-order valence-electron chi connectivity index (χ2n) is 5.76. The molecule has 28 heavy (non-hydrogen) atoms. The molecule has 0 bridgehead atoms. The van der Waals surface area contributed by atoms with Crippen LogP contribution in [0.4, 0.5) is 14.5 Å². The van der Waals surface area contributed by atoms with E-state index in [2.05, 4.69) is 14.8 Å². The Labute approximate surface area is 162 Å². The van der Waals surface area contributed by atoms with Gasteiger partial charge < -0.3 is 10.1 Å². The number of amides is 1. The number of alkyl halides is 2. The molecular weight excluding hydrogens is 390 g/mol. The normalized spacial score (nSPS) is 11.7. The van der Waals surface area contributed by atoms with E-state index in [0.29, 0.717) is 11.3 Å². The lowest BCUT2D eigenvalue weighted by molar-refractivity contribution is -0.116. The van der Waals surface area contributed by atoms with E-state index in [0.717, 1.165) is 11.0 Å². The summed E-state index contributed by atoms with van der Waals surface area (Å²) in [6.45, 7) is -1.55. The number of hydrogen-bond acceptors (Lipinski definition) is 4. The molecule has 0 aliphatic heterocycles. The lowest BCUT2D eigenvalue weighted by Gasteiger charge is -2.13. The van der Waals surface area contributed by atoms with Gasteiger partial charge in [-0.25, -0.2) is 13.1 Å². The zero-order valence-electron chi connectivity index (χ0n) is 15.1. The number of carbonyl (C=O) groups is 1. The van der Waals surface area contributed by atoms with Gasteiger partial charge in [0.1, 0.15) is 5.75 Å². The molecule has 0 spiro atoms. The molecule has 2 rings (SSSR count). The summed E-state index contributed by atoms with van der Waals surface area (Å²) in [5.41, 5.74) is 1.39. The molecule has 0 unspecified atom stereocenters. The van der Waals surface area contributed by atoms with Crippen molar-refractivity contribution in [3.63, 3.8) is 0 Å². The molecule has 0 atom stereocenters. The molecule has 0 aliphatic rings. The summed E-state index contributed by atoms with van der Waals surface area (Å²) < 4.78 is 55.3. The van der Waals surface area contributed by atoms with Crippen LogP contribution in [0, 0.1) is 6.92 Å². The Morgan fingerprint density at radius 2 is 1.86 bits per heavy atom. The molecule has 0 fully saturated rings. The predicted molar refractivity (Wildman–Crippen MR) is 103 cm³/mol. The molecule has 0 saturated heterocycles. The number of ether oxygens (including phenoxy) is 1. The van der Waals surface area contributed by atoms with Gasteiger partial charge in [-0.15, -0.1) is 0 Å². The molecule has 2 aromatic rings. The van der Waals surface area contributed by atoms with Crippen molar-refractivity contribution in [2.75, 3.05) is 11.9 Å². The Balaban J connectivity index is 1.86. The quantitative estimate of drug-likeness (QED) is 0.663. The molecule has 1 amide bonds. The van der Waals surface area contributed by atoms with E-state index in [1.165, 1.54) is 25.1 Å². The number of halogens is 2. The highest BCUT2D eigenvalue weighted by Gasteiger charge is 2.12. The number of anilines is 1. The molecule has 0 aromatic heterocycles. The Morgan fingerprint density at radius 1 is 1.14 bits per heavy atom. The van der Waals surface area contributed by atoms with Gasteiger partial charge in [0.25, 0.3) is 0 Å². The lowest BCUT2D eigenvalue weighted by Crippen LogP contribution is -2.26. The first-order valence-electron chi connectivity index (χ1n) is 8.34. The zero-order chi connectivity index (χ0) is 20.6. The summed E-state index contributed by atoms with van der Waals surface area (Å²) in [5.74, 6) is -0.508. The number of nitrogens with one attached hydrogen (secondary N) is 2. The smallest absolute Gasteiger partial charge is 0.387 e. The molecule has 0 radical (unpaired) electrons. The Bertz CT molecular complexity index is 932. The van der Waals surface area contributed by atoms with E-state index in [-0.39, 0.29) is 18.7 Å². The van der Waals surface area contributed by atoms with Crippen LogP contribution in [0.15, 0.2) is 53.9 Å². The Kier molecular flexibility index (Phi) is 7.65. The topological polar surface area (TPSA) is 84.5 Å². The summed E-state index contributed by atoms with van der Waals surface area (Å²) >= 11 is 0. The maximum atomic E-state index is 12.4. The van der Waals surface area contributed by atoms with E-state index in [1.54, 1.807) is 30.3 Å². The predicted octanol–water partition coefficient (Wildman–Crippen LogP) is 3.52. The van der Waals surface area contributed by atoms with Crippen LogP contribution in [0.1, 0.15) is 17.5 Å². The van der Waals surface area contributed by atoms with Crippen molar-refractivity contribution in [1.29, 1.82) is 0 Å². The Morgan fingerprint density at radius 3 is 2.54 bits per heavy atom. The third-order valence-corrected chi connectivity index (χ3v) is 4.77. The summed E-state index contributed by atoms with van der Waals surface area (Å²) in [6, 6.07) is 13.3. The van der Waals surface area contributed by atoms with Gasteiger partial charge in [-0.2, -0.15) is 8.78 Å². The van der Waals surface area contributed by atoms with E-state index in [4.69, 9.17) is 0 Å². The number of carbonyl (C=O) groups excluding carboxylic acids is 1. The number of benzene rings is 2. The fourth-order valence-electron chi connectivity index (χ4n) is 2.27. The van der Waals surface area contributed by atoms with Gasteiger partial charge in [0.05, 0.1) is 0 Å². The van der Waals surface area contributed by atoms with Gasteiger partial charge in [0.15, 0.2) is 0 Å². The van der Waals surface area contributed by atoms with Crippen LogP contribution < -0.4 is 14.8 Å². The Hall–Kier alpha value is -2.78. The minimum absolute atomic E-state index is 0.0421. The van der Waals surface area contributed by atoms with Crippen LogP contribution in [-0.2, 0) is 14.8 Å². The van der Waals surface area contributed by atoms with Gasteiger partial charge in [-0.3, -0.25) is 4.79 Å². The molecule has 0 heterocycles. The van der Waals surface area contributed by atoms with Crippen molar-refractivity contribution >= 4 is 27.7 Å². The van der Waals surface area contributed by atoms with Crippen LogP contribution in [-0.4, -0.2) is 27.5 Å². The fraction of sp³-hybridized carbons (Fsp3) is 0.211. The summed E-state index contributed by atoms with van der Waals surface area (Å²) in [6.07, 6.45) is 1.32. The average Bonchev–Trinajstić information content (AvgIpc) is 2.64. The van der Waals surface area contributed by atoms with Crippen molar-refractivity contribution in [3.05, 3.63) is 65.1 Å². The molecule has 0 saturated carbocycles. The maximum Gasteiger partial charge on any atom is 0.387 e. The van der Waals surface area contributed by atoms with Crippen LogP contribution in [0.5, 0.6) is 5.75 Å². The van der Waals surface area contributed by atoms with Crippen molar-refractivity contribution < 1.29 is 26.7 Å². The first-order valence-corrected chi connectivity index (χ1v) is 9.88. The SMILES string of the molecule is Cc1c(NC(=O)CCNS(=O)(=O)/C=C/c2ccccc2)cccc1OC(F)F. The monoisotopic (exact) mass is 410 g/mol. The number of rotatable bonds is 9. The summed E-state index contributed by atoms with van der Waals surface area (Å²) in [4.78, 5) is 12.0. The highest BCUT2D eigenvalue weighted by atomic mass is 32.2. The number of sulfonamides is 1. The largest absolute Gasteiger partial charge is 0.434 e.